The van der Waals surface area contributed by atoms with Crippen LogP contribution in [0.15, 0.2) is 24.3 Å². The summed E-state index contributed by atoms with van der Waals surface area (Å²) < 4.78 is 0. The first kappa shape index (κ1) is 14.8. The number of rotatable bonds is 4. The maximum atomic E-state index is 6.24. The molecule has 19 heavy (non-hydrogen) atoms. The summed E-state index contributed by atoms with van der Waals surface area (Å²) in [5.41, 5.74) is 7.52. The van der Waals surface area contributed by atoms with E-state index in [4.69, 9.17) is 17.3 Å². The van der Waals surface area contributed by atoms with E-state index in [1.54, 1.807) is 0 Å². The molecule has 1 aliphatic carbocycles. The first-order valence-corrected chi connectivity index (χ1v) is 7.67. The van der Waals surface area contributed by atoms with Crippen LogP contribution in [0.25, 0.3) is 0 Å². The van der Waals surface area contributed by atoms with Gasteiger partial charge in [-0.15, -0.1) is 0 Å². The molecular weight excluding hydrogens is 256 g/mol. The lowest BCUT2D eigenvalue weighted by molar-refractivity contribution is 0.176. The standard InChI is InChI=1S/C16H25ClN2/c1-12(13-7-5-8-15(17)10-13)19(2)11-14-6-3-4-9-16(14)18/h5,7-8,10,12,14,16H,3-4,6,9,11,18H2,1-2H3. The zero-order valence-corrected chi connectivity index (χ0v) is 12.7. The fourth-order valence-corrected chi connectivity index (χ4v) is 3.21. The van der Waals surface area contributed by atoms with E-state index in [0.717, 1.165) is 11.6 Å². The van der Waals surface area contributed by atoms with Gasteiger partial charge in [0.25, 0.3) is 0 Å². The fraction of sp³-hybridized carbons (Fsp3) is 0.625. The monoisotopic (exact) mass is 280 g/mol. The molecule has 0 aliphatic heterocycles. The van der Waals surface area contributed by atoms with Crippen LogP contribution < -0.4 is 5.73 Å². The number of hydrogen-bond acceptors (Lipinski definition) is 2. The van der Waals surface area contributed by atoms with E-state index >= 15 is 0 Å². The molecule has 1 aromatic rings. The maximum absolute atomic E-state index is 6.24. The van der Waals surface area contributed by atoms with Crippen LogP contribution >= 0.6 is 11.6 Å². The summed E-state index contributed by atoms with van der Waals surface area (Å²) in [5.74, 6) is 0.639. The van der Waals surface area contributed by atoms with Crippen molar-refractivity contribution >= 4 is 11.6 Å². The highest BCUT2D eigenvalue weighted by Crippen LogP contribution is 2.27. The van der Waals surface area contributed by atoms with Gasteiger partial charge in [-0.1, -0.05) is 36.6 Å². The Kier molecular flexibility index (Phi) is 5.26. The van der Waals surface area contributed by atoms with Crippen molar-refractivity contribution in [3.05, 3.63) is 34.9 Å². The molecule has 3 unspecified atom stereocenters. The van der Waals surface area contributed by atoms with Crippen LogP contribution in [0.3, 0.4) is 0 Å². The van der Waals surface area contributed by atoms with Gasteiger partial charge in [0.05, 0.1) is 0 Å². The van der Waals surface area contributed by atoms with Crippen molar-refractivity contribution in [3.8, 4) is 0 Å². The molecule has 0 saturated heterocycles. The van der Waals surface area contributed by atoms with Crippen LogP contribution in [0.1, 0.15) is 44.2 Å². The van der Waals surface area contributed by atoms with Crippen LogP contribution in [-0.4, -0.2) is 24.5 Å². The SMILES string of the molecule is CC(c1cccc(Cl)c1)N(C)CC1CCCCC1N. The van der Waals surface area contributed by atoms with Crippen molar-refractivity contribution in [1.29, 1.82) is 0 Å². The zero-order valence-electron chi connectivity index (χ0n) is 12.0. The zero-order chi connectivity index (χ0) is 13.8. The lowest BCUT2D eigenvalue weighted by Gasteiger charge is -2.34. The molecule has 3 heteroatoms. The minimum absolute atomic E-state index is 0.378. The summed E-state index contributed by atoms with van der Waals surface area (Å²) in [7, 11) is 2.19. The number of nitrogens with two attached hydrogens (primary N) is 1. The topological polar surface area (TPSA) is 29.3 Å². The van der Waals surface area contributed by atoms with Crippen LogP contribution in [0, 0.1) is 5.92 Å². The minimum Gasteiger partial charge on any atom is -0.327 e. The van der Waals surface area contributed by atoms with Gasteiger partial charge in [-0.3, -0.25) is 4.90 Å². The molecule has 1 aromatic carbocycles. The Balaban J connectivity index is 1.97. The fourth-order valence-electron chi connectivity index (χ4n) is 3.01. The highest BCUT2D eigenvalue weighted by molar-refractivity contribution is 6.30. The number of hydrogen-bond donors (Lipinski definition) is 1. The molecule has 0 aromatic heterocycles. The summed E-state index contributed by atoms with van der Waals surface area (Å²) in [4.78, 5) is 2.40. The Hall–Kier alpha value is -0.570. The third-order valence-corrected chi connectivity index (χ3v) is 4.72. The van der Waals surface area contributed by atoms with E-state index in [1.165, 1.54) is 31.2 Å². The average molecular weight is 281 g/mol. The summed E-state index contributed by atoms with van der Waals surface area (Å²) in [6, 6.07) is 8.91. The lowest BCUT2D eigenvalue weighted by atomic mass is 9.84. The summed E-state index contributed by atoms with van der Waals surface area (Å²) >= 11 is 6.07. The first-order chi connectivity index (χ1) is 9.08. The predicted molar refractivity (Wildman–Crippen MR) is 82.4 cm³/mol. The third kappa shape index (κ3) is 3.95. The van der Waals surface area contributed by atoms with Crippen molar-refractivity contribution in [2.75, 3.05) is 13.6 Å². The Morgan fingerprint density at radius 3 is 2.79 bits per heavy atom. The molecule has 106 valence electrons. The predicted octanol–water partition coefficient (Wildman–Crippen LogP) is 3.85. The second-order valence-corrected chi connectivity index (χ2v) is 6.32. The Morgan fingerprint density at radius 2 is 2.11 bits per heavy atom. The van der Waals surface area contributed by atoms with Gasteiger partial charge < -0.3 is 5.73 Å². The van der Waals surface area contributed by atoms with Crippen molar-refractivity contribution in [3.63, 3.8) is 0 Å². The van der Waals surface area contributed by atoms with Gasteiger partial charge in [-0.05, 0) is 50.4 Å². The van der Waals surface area contributed by atoms with E-state index < -0.39 is 0 Å². The van der Waals surface area contributed by atoms with Gasteiger partial charge in [-0.25, -0.2) is 0 Å². The average Bonchev–Trinajstić information content (AvgIpc) is 2.40. The quantitative estimate of drug-likeness (QED) is 0.908. The molecule has 0 spiro atoms. The van der Waals surface area contributed by atoms with Crippen LogP contribution in [0.5, 0.6) is 0 Å². The van der Waals surface area contributed by atoms with Gasteiger partial charge in [0, 0.05) is 23.7 Å². The molecule has 3 atom stereocenters. The van der Waals surface area contributed by atoms with Gasteiger partial charge in [0.1, 0.15) is 0 Å². The normalized spacial score (nSPS) is 25.5. The van der Waals surface area contributed by atoms with Crippen molar-refractivity contribution in [2.45, 2.75) is 44.7 Å². The van der Waals surface area contributed by atoms with Crippen LogP contribution in [0.2, 0.25) is 5.02 Å². The molecule has 1 saturated carbocycles. The van der Waals surface area contributed by atoms with Gasteiger partial charge in [0.15, 0.2) is 0 Å². The van der Waals surface area contributed by atoms with Crippen LogP contribution in [-0.2, 0) is 0 Å². The molecule has 1 aliphatic rings. The number of halogens is 1. The summed E-state index contributed by atoms with van der Waals surface area (Å²) in [6.45, 7) is 3.31. The molecule has 1 fully saturated rings. The molecule has 2 N–H and O–H groups in total. The second-order valence-electron chi connectivity index (χ2n) is 5.88. The molecule has 0 bridgehead atoms. The smallest absolute Gasteiger partial charge is 0.0409 e. The Morgan fingerprint density at radius 1 is 1.37 bits per heavy atom. The molecule has 0 amide bonds. The molecule has 0 heterocycles. The summed E-state index contributed by atoms with van der Waals surface area (Å²) in [6.07, 6.45) is 5.08. The first-order valence-electron chi connectivity index (χ1n) is 7.29. The largest absolute Gasteiger partial charge is 0.327 e. The van der Waals surface area contributed by atoms with Crippen molar-refractivity contribution in [1.82, 2.24) is 4.90 Å². The third-order valence-electron chi connectivity index (χ3n) is 4.48. The second kappa shape index (κ2) is 6.74. The highest BCUT2D eigenvalue weighted by Gasteiger charge is 2.24. The number of benzene rings is 1. The maximum Gasteiger partial charge on any atom is 0.0409 e. The Labute approximate surface area is 121 Å². The van der Waals surface area contributed by atoms with Crippen LogP contribution in [0.4, 0.5) is 0 Å². The van der Waals surface area contributed by atoms with Crippen molar-refractivity contribution in [2.24, 2.45) is 11.7 Å². The Bertz CT molecular complexity index is 407. The van der Waals surface area contributed by atoms with Gasteiger partial charge in [-0.2, -0.15) is 0 Å². The van der Waals surface area contributed by atoms with E-state index in [-0.39, 0.29) is 0 Å². The van der Waals surface area contributed by atoms with E-state index in [9.17, 15) is 0 Å². The van der Waals surface area contributed by atoms with E-state index in [2.05, 4.69) is 31.0 Å². The van der Waals surface area contributed by atoms with E-state index in [1.807, 2.05) is 12.1 Å². The van der Waals surface area contributed by atoms with Gasteiger partial charge >= 0.3 is 0 Å². The van der Waals surface area contributed by atoms with E-state index in [0.29, 0.717) is 18.0 Å². The molecule has 2 rings (SSSR count). The minimum atomic E-state index is 0.378. The number of nitrogens with zero attached hydrogens (tertiary/aromatic N) is 1. The molecule has 0 radical (unpaired) electrons. The summed E-state index contributed by atoms with van der Waals surface area (Å²) in [5, 5.41) is 0.812. The highest BCUT2D eigenvalue weighted by atomic mass is 35.5. The molecule has 2 nitrogen and oxygen atoms in total. The van der Waals surface area contributed by atoms with Crippen molar-refractivity contribution < 1.29 is 0 Å². The van der Waals surface area contributed by atoms with Gasteiger partial charge in [0.2, 0.25) is 0 Å². The lowest BCUT2D eigenvalue weighted by Crippen LogP contribution is -2.40. The molecular formula is C16H25ClN2.